The van der Waals surface area contributed by atoms with Gasteiger partial charge in [0, 0.05) is 23.8 Å². The predicted octanol–water partition coefficient (Wildman–Crippen LogP) is 1.68. The third-order valence-electron chi connectivity index (χ3n) is 1.71. The second-order valence-electron chi connectivity index (χ2n) is 2.59. The van der Waals surface area contributed by atoms with Gasteiger partial charge in [-0.15, -0.1) is 0 Å². The van der Waals surface area contributed by atoms with Gasteiger partial charge in [0.15, 0.2) is 0 Å². The van der Waals surface area contributed by atoms with E-state index in [1.807, 2.05) is 12.1 Å². The molecule has 3 N–H and O–H groups in total. The van der Waals surface area contributed by atoms with E-state index in [4.69, 9.17) is 17.3 Å². The van der Waals surface area contributed by atoms with Gasteiger partial charge >= 0.3 is 0 Å². The van der Waals surface area contributed by atoms with Crippen molar-refractivity contribution < 1.29 is 0 Å². The molecule has 0 fully saturated rings. The first-order chi connectivity index (χ1) is 5.79. The van der Waals surface area contributed by atoms with Crippen molar-refractivity contribution in [2.24, 2.45) is 5.73 Å². The Balaban J connectivity index is 2.67. The molecule has 0 unspecified atom stereocenters. The average Bonchev–Trinajstić information content (AvgIpc) is 2.46. The highest BCUT2D eigenvalue weighted by atomic mass is 35.5. The number of rotatable bonds is 1. The number of hydrogen-bond donors (Lipinski definition) is 2. The van der Waals surface area contributed by atoms with Gasteiger partial charge in [-0.05, 0) is 12.1 Å². The summed E-state index contributed by atoms with van der Waals surface area (Å²) in [7, 11) is 0. The van der Waals surface area contributed by atoms with E-state index >= 15 is 0 Å². The van der Waals surface area contributed by atoms with Gasteiger partial charge in [0.2, 0.25) is 0 Å². The molecule has 0 amide bonds. The Morgan fingerprint density at radius 3 is 3.08 bits per heavy atom. The molecular formula is C8H8ClN3. The van der Waals surface area contributed by atoms with Crippen molar-refractivity contribution in [3.63, 3.8) is 0 Å². The van der Waals surface area contributed by atoms with Gasteiger partial charge in [-0.1, -0.05) is 11.6 Å². The van der Waals surface area contributed by atoms with E-state index in [0.29, 0.717) is 11.6 Å². The number of hydrogen-bond acceptors (Lipinski definition) is 2. The first-order valence-corrected chi connectivity index (χ1v) is 4.00. The zero-order valence-electron chi connectivity index (χ0n) is 6.34. The first kappa shape index (κ1) is 7.58. The largest absolute Gasteiger partial charge is 0.342 e. The lowest BCUT2D eigenvalue weighted by Gasteiger charge is -1.88. The first-order valence-electron chi connectivity index (χ1n) is 3.63. The molecule has 0 aromatic carbocycles. The van der Waals surface area contributed by atoms with Crippen molar-refractivity contribution in [3.05, 3.63) is 29.0 Å². The maximum Gasteiger partial charge on any atom is 0.137 e. The van der Waals surface area contributed by atoms with Crippen molar-refractivity contribution in [1.29, 1.82) is 0 Å². The summed E-state index contributed by atoms with van der Waals surface area (Å²) in [6, 6.07) is 3.81. The molecule has 12 heavy (non-hydrogen) atoms. The van der Waals surface area contributed by atoms with Crippen molar-refractivity contribution in [2.45, 2.75) is 6.54 Å². The maximum atomic E-state index is 5.76. The highest BCUT2D eigenvalue weighted by molar-refractivity contribution is 6.31. The van der Waals surface area contributed by atoms with Crippen LogP contribution < -0.4 is 5.73 Å². The molecule has 0 radical (unpaired) electrons. The van der Waals surface area contributed by atoms with Crippen LogP contribution in [0.25, 0.3) is 11.0 Å². The fraction of sp³-hybridized carbons (Fsp3) is 0.125. The van der Waals surface area contributed by atoms with Crippen LogP contribution in [-0.2, 0) is 6.54 Å². The monoisotopic (exact) mass is 181 g/mol. The topological polar surface area (TPSA) is 54.7 Å². The van der Waals surface area contributed by atoms with Crippen molar-refractivity contribution in [1.82, 2.24) is 9.97 Å². The lowest BCUT2D eigenvalue weighted by Crippen LogP contribution is -1.95. The number of H-pyrrole nitrogens is 1. The van der Waals surface area contributed by atoms with Gasteiger partial charge in [-0.3, -0.25) is 0 Å². The Kier molecular flexibility index (Phi) is 1.75. The van der Waals surface area contributed by atoms with Crippen LogP contribution in [0.5, 0.6) is 0 Å². The summed E-state index contributed by atoms with van der Waals surface area (Å²) in [6.07, 6.45) is 1.61. The molecule has 2 heterocycles. The molecule has 2 rings (SSSR count). The van der Waals surface area contributed by atoms with Gasteiger partial charge in [0.05, 0.1) is 5.02 Å². The summed E-state index contributed by atoms with van der Waals surface area (Å²) in [5, 5.41) is 1.65. The molecule has 0 saturated carbocycles. The number of aromatic nitrogens is 2. The minimum Gasteiger partial charge on any atom is -0.342 e. The lowest BCUT2D eigenvalue weighted by molar-refractivity contribution is 1.02. The third-order valence-corrected chi connectivity index (χ3v) is 1.92. The van der Waals surface area contributed by atoms with E-state index < -0.39 is 0 Å². The van der Waals surface area contributed by atoms with Crippen LogP contribution in [0.15, 0.2) is 18.3 Å². The SMILES string of the molecule is NCc1cc2cc(Cl)cnc2[nH]1. The summed E-state index contributed by atoms with van der Waals surface area (Å²) >= 11 is 5.76. The fourth-order valence-electron chi connectivity index (χ4n) is 1.16. The van der Waals surface area contributed by atoms with E-state index in [2.05, 4.69) is 9.97 Å². The van der Waals surface area contributed by atoms with Crippen LogP contribution in [-0.4, -0.2) is 9.97 Å². The lowest BCUT2D eigenvalue weighted by atomic mass is 10.3. The molecule has 0 aliphatic heterocycles. The van der Waals surface area contributed by atoms with E-state index in [0.717, 1.165) is 16.7 Å². The zero-order chi connectivity index (χ0) is 8.55. The molecule has 62 valence electrons. The Bertz CT molecular complexity index is 408. The van der Waals surface area contributed by atoms with Crippen molar-refractivity contribution >= 4 is 22.6 Å². The highest BCUT2D eigenvalue weighted by Crippen LogP contribution is 2.16. The Morgan fingerprint density at radius 1 is 1.50 bits per heavy atom. The summed E-state index contributed by atoms with van der Waals surface area (Å²) in [6.45, 7) is 0.494. The zero-order valence-corrected chi connectivity index (χ0v) is 7.10. The minimum atomic E-state index is 0.494. The van der Waals surface area contributed by atoms with Crippen molar-refractivity contribution in [2.75, 3.05) is 0 Å². The normalized spacial score (nSPS) is 10.8. The maximum absolute atomic E-state index is 5.76. The number of fused-ring (bicyclic) bond motifs is 1. The number of nitrogens with one attached hydrogen (secondary N) is 1. The number of nitrogens with two attached hydrogens (primary N) is 1. The predicted molar refractivity (Wildman–Crippen MR) is 49.0 cm³/mol. The fourth-order valence-corrected chi connectivity index (χ4v) is 1.32. The third kappa shape index (κ3) is 1.17. The Morgan fingerprint density at radius 2 is 2.33 bits per heavy atom. The van der Waals surface area contributed by atoms with Gasteiger partial charge in [-0.25, -0.2) is 4.98 Å². The van der Waals surface area contributed by atoms with Gasteiger partial charge in [0.25, 0.3) is 0 Å². The molecule has 0 saturated heterocycles. The van der Waals surface area contributed by atoms with Crippen LogP contribution in [0.3, 0.4) is 0 Å². The summed E-state index contributed by atoms with van der Waals surface area (Å²) in [5.41, 5.74) is 7.26. The van der Waals surface area contributed by atoms with E-state index in [1.54, 1.807) is 6.20 Å². The molecular weight excluding hydrogens is 174 g/mol. The molecule has 2 aromatic rings. The minimum absolute atomic E-state index is 0.494. The summed E-state index contributed by atoms with van der Waals surface area (Å²) in [5.74, 6) is 0. The van der Waals surface area contributed by atoms with Crippen LogP contribution in [0, 0.1) is 0 Å². The highest BCUT2D eigenvalue weighted by Gasteiger charge is 1.99. The van der Waals surface area contributed by atoms with Gasteiger partial charge in [-0.2, -0.15) is 0 Å². The molecule has 0 atom stereocenters. The van der Waals surface area contributed by atoms with E-state index in [-0.39, 0.29) is 0 Å². The number of pyridine rings is 1. The number of aromatic amines is 1. The second kappa shape index (κ2) is 2.77. The standard InChI is InChI=1S/C8H8ClN3/c9-6-1-5-2-7(3-10)12-8(5)11-4-6/h1-2,4H,3,10H2,(H,11,12). The molecule has 0 spiro atoms. The smallest absolute Gasteiger partial charge is 0.137 e. The van der Waals surface area contributed by atoms with Crippen LogP contribution >= 0.6 is 11.6 Å². The van der Waals surface area contributed by atoms with E-state index in [9.17, 15) is 0 Å². The molecule has 0 bridgehead atoms. The van der Waals surface area contributed by atoms with E-state index in [1.165, 1.54) is 0 Å². The van der Waals surface area contributed by atoms with Gasteiger partial charge in [0.1, 0.15) is 5.65 Å². The van der Waals surface area contributed by atoms with Crippen LogP contribution in [0.2, 0.25) is 5.02 Å². The summed E-state index contributed by atoms with van der Waals surface area (Å²) < 4.78 is 0. The molecule has 2 aromatic heterocycles. The number of nitrogens with zero attached hydrogens (tertiary/aromatic N) is 1. The number of halogens is 1. The van der Waals surface area contributed by atoms with Gasteiger partial charge < -0.3 is 10.7 Å². The molecule has 4 heteroatoms. The molecule has 3 nitrogen and oxygen atoms in total. The van der Waals surface area contributed by atoms with Crippen LogP contribution in [0.4, 0.5) is 0 Å². The second-order valence-corrected chi connectivity index (χ2v) is 3.03. The Hall–Kier alpha value is -1.06. The van der Waals surface area contributed by atoms with Crippen molar-refractivity contribution in [3.8, 4) is 0 Å². The quantitative estimate of drug-likeness (QED) is 0.703. The van der Waals surface area contributed by atoms with Crippen LogP contribution in [0.1, 0.15) is 5.69 Å². The molecule has 0 aliphatic rings. The summed E-state index contributed by atoms with van der Waals surface area (Å²) in [4.78, 5) is 7.18. The molecule has 0 aliphatic carbocycles. The average molecular weight is 182 g/mol. The Labute approximate surface area is 74.5 Å².